The van der Waals surface area contributed by atoms with Crippen molar-refractivity contribution in [2.75, 3.05) is 0 Å². The predicted octanol–water partition coefficient (Wildman–Crippen LogP) is -1.12. The highest BCUT2D eigenvalue weighted by Crippen LogP contribution is 2.17. The van der Waals surface area contributed by atoms with Gasteiger partial charge in [0.2, 0.25) is 5.91 Å². The quantitative estimate of drug-likeness (QED) is 0.637. The van der Waals surface area contributed by atoms with Crippen LogP contribution in [0.3, 0.4) is 0 Å². The van der Waals surface area contributed by atoms with E-state index in [0.29, 0.717) is 13.0 Å². The highest BCUT2D eigenvalue weighted by molar-refractivity contribution is 5.76. The smallest absolute Gasteiger partial charge is 0.222 e. The van der Waals surface area contributed by atoms with Crippen LogP contribution >= 0.6 is 0 Å². The number of carbonyl (C=O) groups is 1. The number of nitrogens with zero attached hydrogens (tertiary/aromatic N) is 3. The van der Waals surface area contributed by atoms with Crippen LogP contribution in [0.5, 0.6) is 0 Å². The summed E-state index contributed by atoms with van der Waals surface area (Å²) in [6.45, 7) is 0.563. The summed E-state index contributed by atoms with van der Waals surface area (Å²) >= 11 is 0. The lowest BCUT2D eigenvalue weighted by Crippen LogP contribution is -2.30. The van der Waals surface area contributed by atoms with Gasteiger partial charge in [-0.1, -0.05) is 5.21 Å². The molecular formula is C8H13N5O. The van der Waals surface area contributed by atoms with Crippen molar-refractivity contribution in [2.45, 2.75) is 31.5 Å². The summed E-state index contributed by atoms with van der Waals surface area (Å²) < 4.78 is 1.63. The Kier molecular flexibility index (Phi) is 2.45. The van der Waals surface area contributed by atoms with Crippen molar-refractivity contribution in [3.8, 4) is 0 Å². The molecule has 0 saturated heterocycles. The number of hydrogen-bond acceptors (Lipinski definition) is 4. The minimum absolute atomic E-state index is 0.0263. The van der Waals surface area contributed by atoms with Crippen LogP contribution in [-0.4, -0.2) is 33.0 Å². The second-order valence-corrected chi connectivity index (χ2v) is 3.49. The molecule has 6 nitrogen and oxygen atoms in total. The highest BCUT2D eigenvalue weighted by atomic mass is 16.1. The molecule has 2 atom stereocenters. The Morgan fingerprint density at radius 2 is 2.50 bits per heavy atom. The molecule has 0 radical (unpaired) electrons. The first-order valence-electron chi connectivity index (χ1n) is 4.65. The van der Waals surface area contributed by atoms with Gasteiger partial charge in [-0.25, -0.2) is 0 Å². The van der Waals surface area contributed by atoms with Gasteiger partial charge in [-0.15, -0.1) is 5.10 Å². The number of rotatable bonds is 4. The van der Waals surface area contributed by atoms with Crippen LogP contribution in [0.2, 0.25) is 0 Å². The van der Waals surface area contributed by atoms with Gasteiger partial charge in [0, 0.05) is 24.7 Å². The normalized spacial score (nSPS) is 24.6. The van der Waals surface area contributed by atoms with Crippen LogP contribution < -0.4 is 11.1 Å². The first-order chi connectivity index (χ1) is 6.75. The van der Waals surface area contributed by atoms with Crippen molar-refractivity contribution in [3.63, 3.8) is 0 Å². The summed E-state index contributed by atoms with van der Waals surface area (Å²) in [4.78, 5) is 11.3. The maximum absolute atomic E-state index is 11.3. The molecule has 1 aliphatic rings. The van der Waals surface area contributed by atoms with Gasteiger partial charge in [-0.05, 0) is 6.42 Å². The van der Waals surface area contributed by atoms with E-state index in [-0.39, 0.29) is 18.0 Å². The van der Waals surface area contributed by atoms with Crippen LogP contribution in [-0.2, 0) is 11.3 Å². The molecule has 0 spiro atoms. The van der Waals surface area contributed by atoms with E-state index >= 15 is 0 Å². The van der Waals surface area contributed by atoms with E-state index in [1.807, 2.05) is 0 Å². The number of amides is 1. The Bertz CT molecular complexity index is 310. The van der Waals surface area contributed by atoms with Crippen LogP contribution in [0, 0.1) is 0 Å². The molecule has 1 saturated carbocycles. The fourth-order valence-corrected chi connectivity index (χ4v) is 1.23. The molecule has 1 aliphatic carbocycles. The standard InChI is InChI=1S/C8H13N5O/c9-6-5-7(6)11-8(14)1-3-13-4-2-10-12-13/h2,4,6-7H,1,3,5,9H2,(H,11,14). The Labute approximate surface area is 81.5 Å². The lowest BCUT2D eigenvalue weighted by molar-refractivity contribution is -0.121. The van der Waals surface area contributed by atoms with Crippen molar-refractivity contribution in [1.29, 1.82) is 0 Å². The Balaban J connectivity index is 1.68. The molecule has 1 aromatic heterocycles. The van der Waals surface area contributed by atoms with Crippen LogP contribution in [0.25, 0.3) is 0 Å². The van der Waals surface area contributed by atoms with Crippen molar-refractivity contribution in [2.24, 2.45) is 5.73 Å². The van der Waals surface area contributed by atoms with Gasteiger partial charge in [0.1, 0.15) is 0 Å². The maximum Gasteiger partial charge on any atom is 0.222 e. The van der Waals surface area contributed by atoms with Crippen LogP contribution in [0.4, 0.5) is 0 Å². The summed E-state index contributed by atoms with van der Waals surface area (Å²) in [6.07, 6.45) is 4.65. The third-order valence-electron chi connectivity index (χ3n) is 2.23. The second kappa shape index (κ2) is 3.75. The summed E-state index contributed by atoms with van der Waals surface area (Å²) in [7, 11) is 0. The first-order valence-corrected chi connectivity index (χ1v) is 4.65. The summed E-state index contributed by atoms with van der Waals surface area (Å²) in [5.41, 5.74) is 5.56. The van der Waals surface area contributed by atoms with Crippen LogP contribution in [0.1, 0.15) is 12.8 Å². The molecule has 1 amide bonds. The molecule has 3 N–H and O–H groups in total. The van der Waals surface area contributed by atoms with Crippen molar-refractivity contribution in [3.05, 3.63) is 12.4 Å². The molecule has 76 valence electrons. The van der Waals surface area contributed by atoms with E-state index in [9.17, 15) is 4.79 Å². The molecule has 14 heavy (non-hydrogen) atoms. The van der Waals surface area contributed by atoms with Gasteiger partial charge in [0.05, 0.1) is 12.7 Å². The number of aromatic nitrogens is 3. The van der Waals surface area contributed by atoms with Gasteiger partial charge in [0.15, 0.2) is 0 Å². The van der Waals surface area contributed by atoms with E-state index in [2.05, 4.69) is 15.6 Å². The van der Waals surface area contributed by atoms with Gasteiger partial charge in [-0.3, -0.25) is 9.48 Å². The van der Waals surface area contributed by atoms with Gasteiger partial charge >= 0.3 is 0 Å². The zero-order chi connectivity index (χ0) is 9.97. The largest absolute Gasteiger partial charge is 0.352 e. The molecule has 0 bridgehead atoms. The Hall–Kier alpha value is -1.43. The molecule has 2 unspecified atom stereocenters. The van der Waals surface area contributed by atoms with Gasteiger partial charge < -0.3 is 11.1 Å². The average Bonchev–Trinajstić information content (AvgIpc) is 2.71. The molecular weight excluding hydrogens is 182 g/mol. The van der Waals surface area contributed by atoms with Crippen molar-refractivity contribution < 1.29 is 4.79 Å². The van der Waals surface area contributed by atoms with E-state index in [1.54, 1.807) is 17.1 Å². The molecule has 0 aromatic carbocycles. The molecule has 1 fully saturated rings. The fraction of sp³-hybridized carbons (Fsp3) is 0.625. The van der Waals surface area contributed by atoms with Gasteiger partial charge in [-0.2, -0.15) is 0 Å². The number of nitrogens with one attached hydrogen (secondary N) is 1. The number of nitrogens with two attached hydrogens (primary N) is 1. The lowest BCUT2D eigenvalue weighted by atomic mass is 10.4. The molecule has 6 heteroatoms. The second-order valence-electron chi connectivity index (χ2n) is 3.49. The third-order valence-corrected chi connectivity index (χ3v) is 2.23. The fourth-order valence-electron chi connectivity index (χ4n) is 1.23. The van der Waals surface area contributed by atoms with Gasteiger partial charge in [0.25, 0.3) is 0 Å². The molecule has 0 aliphatic heterocycles. The van der Waals surface area contributed by atoms with Crippen molar-refractivity contribution >= 4 is 5.91 Å². The van der Waals surface area contributed by atoms with E-state index in [1.165, 1.54) is 0 Å². The third kappa shape index (κ3) is 2.29. The zero-order valence-electron chi connectivity index (χ0n) is 7.76. The number of carbonyl (C=O) groups excluding carboxylic acids is 1. The Morgan fingerprint density at radius 3 is 3.07 bits per heavy atom. The lowest BCUT2D eigenvalue weighted by Gasteiger charge is -2.02. The SMILES string of the molecule is NC1CC1NC(=O)CCn1ccnn1. The maximum atomic E-state index is 11.3. The molecule has 1 heterocycles. The van der Waals surface area contributed by atoms with Crippen LogP contribution in [0.15, 0.2) is 12.4 Å². The number of aryl methyl sites for hydroxylation is 1. The van der Waals surface area contributed by atoms with E-state index in [4.69, 9.17) is 5.73 Å². The topological polar surface area (TPSA) is 85.8 Å². The summed E-state index contributed by atoms with van der Waals surface area (Å²) in [5.74, 6) is 0.0263. The minimum atomic E-state index is 0.0263. The average molecular weight is 195 g/mol. The zero-order valence-corrected chi connectivity index (χ0v) is 7.76. The predicted molar refractivity (Wildman–Crippen MR) is 49.2 cm³/mol. The minimum Gasteiger partial charge on any atom is -0.352 e. The summed E-state index contributed by atoms with van der Waals surface area (Å²) in [6, 6.07) is 0.351. The first kappa shape index (κ1) is 9.14. The van der Waals surface area contributed by atoms with E-state index in [0.717, 1.165) is 6.42 Å². The molecule has 2 rings (SSSR count). The highest BCUT2D eigenvalue weighted by Gasteiger charge is 2.34. The number of hydrogen-bond donors (Lipinski definition) is 2. The molecule has 1 aromatic rings. The summed E-state index contributed by atoms with van der Waals surface area (Å²) in [5, 5.41) is 10.2. The van der Waals surface area contributed by atoms with Crippen molar-refractivity contribution in [1.82, 2.24) is 20.3 Å². The van der Waals surface area contributed by atoms with E-state index < -0.39 is 0 Å². The Morgan fingerprint density at radius 1 is 1.71 bits per heavy atom. The monoisotopic (exact) mass is 195 g/mol.